The number of para-hydroxylation sites is 3. The summed E-state index contributed by atoms with van der Waals surface area (Å²) in [6.07, 6.45) is 1.91. The van der Waals surface area contributed by atoms with E-state index in [1.165, 1.54) is 44.5 Å². The third-order valence-corrected chi connectivity index (χ3v) is 17.8. The maximum Gasteiger partial charge on any atom is 0.135 e. The first-order valence-electron chi connectivity index (χ1n) is 31.7. The van der Waals surface area contributed by atoms with E-state index >= 15 is 4.39 Å². The largest absolute Gasteiger partial charge is 0.509 e. The van der Waals surface area contributed by atoms with E-state index in [0.29, 0.717) is 11.5 Å². The Morgan fingerprint density at radius 3 is 1.59 bits per heavy atom. The third-order valence-electron chi connectivity index (χ3n) is 17.8. The predicted octanol–water partition coefficient (Wildman–Crippen LogP) is 23.6. The molecule has 0 amide bonds. The Kier molecular flexibility index (Phi) is 16.7. The predicted molar refractivity (Wildman–Crippen MR) is 376 cm³/mol. The maximum absolute atomic E-state index is 15.2. The van der Waals surface area contributed by atoms with E-state index in [1.807, 2.05) is 24.4 Å². The zero-order valence-corrected chi connectivity index (χ0v) is 56.7. The second-order valence-electron chi connectivity index (χ2n) is 28.0. The van der Waals surface area contributed by atoms with E-state index in [-0.39, 0.29) is 55.0 Å². The van der Waals surface area contributed by atoms with Crippen molar-refractivity contribution in [2.45, 2.75) is 118 Å². The molecule has 0 saturated carbocycles. The molecule has 12 aromatic rings. The van der Waals surface area contributed by atoms with Crippen molar-refractivity contribution in [1.29, 1.82) is 0 Å². The van der Waals surface area contributed by atoms with Crippen molar-refractivity contribution in [3.05, 3.63) is 271 Å². The van der Waals surface area contributed by atoms with Gasteiger partial charge in [-0.25, -0.2) is 9.37 Å². The molecule has 0 bridgehead atoms. The van der Waals surface area contributed by atoms with Gasteiger partial charge >= 0.3 is 0 Å². The number of halogens is 1. The Balaban J connectivity index is 0.00000800. The van der Waals surface area contributed by atoms with E-state index < -0.39 is 0 Å². The normalized spacial score (nSPS) is 12.7. The Morgan fingerprint density at radius 2 is 1.00 bits per heavy atom. The average molecular weight is 1370 g/mol. The first-order valence-corrected chi connectivity index (χ1v) is 31.7. The zero-order chi connectivity index (χ0) is 63.0. The molecular weight excluding hydrogens is 1300 g/mol. The van der Waals surface area contributed by atoms with Crippen LogP contribution in [-0.4, -0.2) is 9.55 Å². The molecule has 7 heteroatoms. The van der Waals surface area contributed by atoms with Crippen LogP contribution in [0.1, 0.15) is 130 Å². The number of rotatable bonds is 12. The van der Waals surface area contributed by atoms with Gasteiger partial charge in [0.1, 0.15) is 11.6 Å². The molecule has 0 fully saturated rings. The molecule has 0 saturated heterocycles. The molecule has 0 radical (unpaired) electrons. The van der Waals surface area contributed by atoms with Gasteiger partial charge in [0.05, 0.1) is 0 Å². The quantitative estimate of drug-likeness (QED) is 0.114. The van der Waals surface area contributed by atoms with Gasteiger partial charge < -0.3 is 19.1 Å². The molecule has 3 heterocycles. The third kappa shape index (κ3) is 12.2. The number of anilines is 4. The smallest absolute Gasteiger partial charge is 0.135 e. The van der Waals surface area contributed by atoms with E-state index in [2.05, 4.69) is 305 Å². The van der Waals surface area contributed by atoms with Crippen LogP contribution in [0.15, 0.2) is 219 Å². The minimum absolute atomic E-state index is 0. The Labute approximate surface area is 552 Å². The summed E-state index contributed by atoms with van der Waals surface area (Å²) in [4.78, 5) is 9.60. The van der Waals surface area contributed by atoms with Crippen molar-refractivity contribution >= 4 is 44.6 Å². The van der Waals surface area contributed by atoms with Crippen molar-refractivity contribution < 1.29 is 30.2 Å². The number of aromatic nitrogens is 2. The van der Waals surface area contributed by atoms with Gasteiger partial charge in [0.25, 0.3) is 0 Å². The van der Waals surface area contributed by atoms with Gasteiger partial charge in [-0.2, -0.15) is 6.07 Å². The zero-order valence-electron chi connectivity index (χ0n) is 54.4. The number of hydrogen-bond donors (Lipinski definition) is 0. The van der Waals surface area contributed by atoms with Gasteiger partial charge in [0.2, 0.25) is 0 Å². The van der Waals surface area contributed by atoms with E-state index in [0.717, 1.165) is 89.3 Å². The van der Waals surface area contributed by atoms with E-state index in [4.69, 9.17) is 9.72 Å². The summed E-state index contributed by atoms with van der Waals surface area (Å²) in [5.41, 5.74) is 22.1. The molecule has 0 aliphatic carbocycles. The van der Waals surface area contributed by atoms with Gasteiger partial charge in [-0.3, -0.25) is 0 Å². The molecule has 1 aliphatic heterocycles. The number of fused-ring (bicyclic) bond motifs is 4. The molecule has 10 aromatic carbocycles. The van der Waals surface area contributed by atoms with Crippen LogP contribution in [0.25, 0.3) is 83.3 Å². The Morgan fingerprint density at radius 1 is 0.451 bits per heavy atom. The molecule has 0 N–H and O–H groups in total. The Bertz CT molecular complexity index is 4620. The first-order chi connectivity index (χ1) is 43.0. The van der Waals surface area contributed by atoms with Crippen molar-refractivity contribution in [3.63, 3.8) is 0 Å². The van der Waals surface area contributed by atoms with Crippen molar-refractivity contribution in [2.75, 3.05) is 9.80 Å². The van der Waals surface area contributed by atoms with Crippen LogP contribution in [0.4, 0.5) is 27.1 Å². The fourth-order valence-electron chi connectivity index (χ4n) is 12.8. The summed E-state index contributed by atoms with van der Waals surface area (Å²) in [7, 11) is 0. The van der Waals surface area contributed by atoms with Gasteiger partial charge in [-0.15, -0.1) is 53.6 Å². The van der Waals surface area contributed by atoms with E-state index in [9.17, 15) is 0 Å². The summed E-state index contributed by atoms with van der Waals surface area (Å²) in [5, 5.41) is 2.17. The molecule has 5 nitrogen and oxygen atoms in total. The second-order valence-corrected chi connectivity index (χ2v) is 28.0. The molecule has 2 aromatic heterocycles. The molecule has 0 unspecified atom stereocenters. The van der Waals surface area contributed by atoms with Crippen LogP contribution in [0, 0.1) is 24.6 Å². The molecule has 91 heavy (non-hydrogen) atoms. The first kappa shape index (κ1) is 62.4. The van der Waals surface area contributed by atoms with Crippen LogP contribution in [0.5, 0.6) is 11.5 Å². The fraction of sp³-hybridized carbons (Fsp3) is 0.214. The molecule has 1 aliphatic rings. The van der Waals surface area contributed by atoms with Gasteiger partial charge in [-0.1, -0.05) is 229 Å². The van der Waals surface area contributed by atoms with Crippen molar-refractivity contribution in [1.82, 2.24) is 9.55 Å². The van der Waals surface area contributed by atoms with Crippen LogP contribution in [0.2, 0.25) is 0 Å². The molecule has 13 rings (SSSR count). The summed E-state index contributed by atoms with van der Waals surface area (Å²) in [6, 6.07) is 82.6. The van der Waals surface area contributed by atoms with Crippen LogP contribution in [-0.2, 0) is 37.3 Å². The summed E-state index contributed by atoms with van der Waals surface area (Å²) >= 11 is 0. The maximum atomic E-state index is 15.2. The van der Waals surface area contributed by atoms with Crippen LogP contribution >= 0.6 is 0 Å². The van der Waals surface area contributed by atoms with Gasteiger partial charge in [-0.05, 0) is 155 Å². The SMILES string of the molecule is CC(C)c1cc(-c2ccccc2)cc(C(C)C)c1-c1cc(Oc2[c-]c3c(cc2)c2ccccc2n3-c2cc(C(C)(C)C)ccn2)[c-]c(N2[CH-]N(c3c(-c4ccc(F)cc4)cc(-c4ccccc4)cc3-c3cc(C(C)(C)C)cc(C(C)(C)C)c3)c3ccccc32)c1.[Pt]. The minimum atomic E-state index is -0.288. The van der Waals surface area contributed by atoms with Crippen LogP contribution < -0.4 is 14.5 Å². The van der Waals surface area contributed by atoms with Gasteiger partial charge in [0, 0.05) is 72.5 Å². The van der Waals surface area contributed by atoms with E-state index in [1.54, 1.807) is 12.1 Å². The number of pyridine rings is 1. The van der Waals surface area contributed by atoms with Crippen molar-refractivity contribution in [3.8, 4) is 73.0 Å². The number of benzene rings is 10. The standard InChI is InChI=1S/C84H78FN4O.Pt/c1-53(2)71-44-58(55-24-16-14-17-25-55)45-72(54(3)4)80(71)61-42-66(50-68(43-61)90-67-36-37-70-69-28-20-21-29-75(69)89(78(70)51-67)79-49-62(38-39-86-79)82(5,6)7)87-52-88(77-31-23-22-30-76(77)87)81-73(57-32-34-65(85)35-33-57)46-59(56-26-18-15-19-27-56)47-74(81)60-40-63(83(8,9)10)48-64(41-60)84(11,12)13;/h14-49,52-54H,1-13H3;/q-3;. The second kappa shape index (κ2) is 24.4. The number of hydrogen-bond acceptors (Lipinski definition) is 4. The minimum Gasteiger partial charge on any atom is -0.509 e. The fourth-order valence-corrected chi connectivity index (χ4v) is 12.8. The summed E-state index contributed by atoms with van der Waals surface area (Å²) in [6.45, 7) is 31.9. The summed E-state index contributed by atoms with van der Waals surface area (Å²) < 4.78 is 24.7. The monoisotopic (exact) mass is 1370 g/mol. The topological polar surface area (TPSA) is 33.5 Å². The molecule has 460 valence electrons. The molecule has 0 atom stereocenters. The number of nitrogens with zero attached hydrogens (tertiary/aromatic N) is 4. The summed E-state index contributed by atoms with van der Waals surface area (Å²) in [5.74, 6) is 1.98. The Hall–Kier alpha value is -8.83. The van der Waals surface area contributed by atoms with Crippen molar-refractivity contribution in [2.24, 2.45) is 0 Å². The van der Waals surface area contributed by atoms with Gasteiger partial charge in [0.15, 0.2) is 0 Å². The number of ether oxygens (including phenoxy) is 1. The average Bonchev–Trinajstić information content (AvgIpc) is 1.68. The van der Waals surface area contributed by atoms with Crippen LogP contribution in [0.3, 0.4) is 0 Å². The molecule has 0 spiro atoms. The molecular formula is C84H78FN4OPt-3.